The van der Waals surface area contributed by atoms with Gasteiger partial charge in [-0.05, 0) is 89.2 Å². The fraction of sp³-hybridized carbons (Fsp3) is 0.125. The summed E-state index contributed by atoms with van der Waals surface area (Å²) in [6.07, 6.45) is 1.49. The van der Waals surface area contributed by atoms with E-state index in [2.05, 4.69) is 21.2 Å². The standard InChI is InChI=1S/C24H18BrClN2O5S2/c1-2-32-16-7-5-15(6-8-16)27-21(29)13-28-22(30)20(35-24(28)31)12-17-11-19(25)23(33-17)34-18-9-3-14(26)4-10-18/h3-12H,2,13H2,1H3,(H,27,29)/b20-12+. The number of nitrogens with one attached hydrogen (secondary N) is 1. The van der Waals surface area contributed by atoms with Gasteiger partial charge in [-0.2, -0.15) is 0 Å². The van der Waals surface area contributed by atoms with Crippen LogP contribution in [0.3, 0.4) is 0 Å². The van der Waals surface area contributed by atoms with Gasteiger partial charge in [0.2, 0.25) is 5.91 Å². The Morgan fingerprint density at radius 1 is 1.20 bits per heavy atom. The second kappa shape index (κ2) is 11.4. The quantitative estimate of drug-likeness (QED) is 0.284. The highest BCUT2D eigenvalue weighted by Gasteiger charge is 2.36. The van der Waals surface area contributed by atoms with Gasteiger partial charge in [-0.15, -0.1) is 0 Å². The molecule has 35 heavy (non-hydrogen) atoms. The van der Waals surface area contributed by atoms with E-state index in [9.17, 15) is 14.4 Å². The second-order valence-electron chi connectivity index (χ2n) is 7.11. The van der Waals surface area contributed by atoms with Crippen LogP contribution in [0.4, 0.5) is 10.5 Å². The van der Waals surface area contributed by atoms with Gasteiger partial charge in [-0.25, -0.2) is 0 Å². The Kier molecular flexibility index (Phi) is 8.27. The topological polar surface area (TPSA) is 88.8 Å². The van der Waals surface area contributed by atoms with E-state index < -0.39 is 23.6 Å². The van der Waals surface area contributed by atoms with E-state index in [4.69, 9.17) is 20.8 Å². The third-order valence-electron chi connectivity index (χ3n) is 4.60. The van der Waals surface area contributed by atoms with Crippen molar-refractivity contribution in [3.05, 3.63) is 74.8 Å². The smallest absolute Gasteiger partial charge is 0.294 e. The lowest BCUT2D eigenvalue weighted by Crippen LogP contribution is -2.36. The van der Waals surface area contributed by atoms with E-state index in [-0.39, 0.29) is 4.91 Å². The maximum atomic E-state index is 12.8. The molecule has 1 aliphatic rings. The predicted octanol–water partition coefficient (Wildman–Crippen LogP) is 6.92. The molecule has 1 fully saturated rings. The molecule has 0 saturated carbocycles. The van der Waals surface area contributed by atoms with Gasteiger partial charge in [0.25, 0.3) is 11.1 Å². The van der Waals surface area contributed by atoms with Crippen molar-refractivity contribution in [2.24, 2.45) is 0 Å². The summed E-state index contributed by atoms with van der Waals surface area (Å²) in [6.45, 7) is 2.02. The molecule has 0 atom stereocenters. The van der Waals surface area contributed by atoms with E-state index >= 15 is 0 Å². The third kappa shape index (κ3) is 6.52. The number of carbonyl (C=O) groups is 3. The van der Waals surface area contributed by atoms with Crippen LogP contribution < -0.4 is 10.1 Å². The van der Waals surface area contributed by atoms with Gasteiger partial charge in [-0.1, -0.05) is 23.4 Å². The predicted molar refractivity (Wildman–Crippen MR) is 141 cm³/mol. The molecule has 11 heteroatoms. The molecule has 2 heterocycles. The van der Waals surface area contributed by atoms with Crippen LogP contribution in [-0.2, 0) is 9.59 Å². The summed E-state index contributed by atoms with van der Waals surface area (Å²) in [6, 6.07) is 15.8. The summed E-state index contributed by atoms with van der Waals surface area (Å²) in [5.41, 5.74) is 0.534. The van der Waals surface area contributed by atoms with Crippen molar-refractivity contribution in [3.8, 4) is 5.75 Å². The second-order valence-corrected chi connectivity index (χ2v) is 10.4. The Hall–Kier alpha value is -2.66. The number of ether oxygens (including phenoxy) is 1. The summed E-state index contributed by atoms with van der Waals surface area (Å²) in [7, 11) is 0. The molecule has 1 saturated heterocycles. The number of halogens is 2. The van der Waals surface area contributed by atoms with Crippen LogP contribution in [0.1, 0.15) is 12.7 Å². The lowest BCUT2D eigenvalue weighted by molar-refractivity contribution is -0.127. The minimum Gasteiger partial charge on any atom is -0.494 e. The first kappa shape index (κ1) is 25.4. The molecule has 3 aromatic rings. The highest BCUT2D eigenvalue weighted by molar-refractivity contribution is 9.10. The molecular weight excluding hydrogens is 576 g/mol. The summed E-state index contributed by atoms with van der Waals surface area (Å²) < 4.78 is 11.9. The first-order valence-electron chi connectivity index (χ1n) is 10.3. The Balaban J connectivity index is 1.40. The maximum Gasteiger partial charge on any atom is 0.294 e. The fourth-order valence-electron chi connectivity index (χ4n) is 3.03. The molecule has 0 bridgehead atoms. The van der Waals surface area contributed by atoms with Crippen molar-refractivity contribution in [2.45, 2.75) is 16.9 Å². The van der Waals surface area contributed by atoms with Gasteiger partial charge in [0.15, 0.2) is 5.09 Å². The largest absolute Gasteiger partial charge is 0.494 e. The Morgan fingerprint density at radius 2 is 1.91 bits per heavy atom. The molecule has 4 rings (SSSR count). The molecule has 0 unspecified atom stereocenters. The van der Waals surface area contributed by atoms with Gasteiger partial charge in [0.05, 0.1) is 16.0 Å². The fourth-order valence-corrected chi connectivity index (χ4v) is 5.30. The van der Waals surface area contributed by atoms with Crippen LogP contribution in [0.25, 0.3) is 6.08 Å². The van der Waals surface area contributed by atoms with Gasteiger partial charge in [-0.3, -0.25) is 19.3 Å². The number of furan rings is 1. The van der Waals surface area contributed by atoms with Crippen LogP contribution in [0, 0.1) is 0 Å². The van der Waals surface area contributed by atoms with E-state index in [1.807, 2.05) is 19.1 Å². The van der Waals surface area contributed by atoms with Crippen LogP contribution in [-0.4, -0.2) is 35.1 Å². The SMILES string of the molecule is CCOc1ccc(NC(=O)CN2C(=O)S/C(=C/c3cc(Br)c(Sc4ccc(Cl)cc4)o3)C2=O)cc1. The summed E-state index contributed by atoms with van der Waals surface area (Å²) in [5, 5.41) is 3.38. The van der Waals surface area contributed by atoms with Crippen molar-refractivity contribution in [2.75, 3.05) is 18.5 Å². The Labute approximate surface area is 223 Å². The number of rotatable bonds is 8. The van der Waals surface area contributed by atoms with Crippen molar-refractivity contribution >= 4 is 79.9 Å². The number of imide groups is 1. The number of amides is 3. The first-order valence-corrected chi connectivity index (χ1v) is 13.1. The molecular formula is C24H18BrClN2O5S2. The molecule has 3 amide bonds. The number of benzene rings is 2. The number of anilines is 1. The van der Waals surface area contributed by atoms with E-state index in [1.54, 1.807) is 42.5 Å². The monoisotopic (exact) mass is 592 g/mol. The van der Waals surface area contributed by atoms with Crippen LogP contribution in [0.5, 0.6) is 5.75 Å². The van der Waals surface area contributed by atoms with Crippen LogP contribution in [0.15, 0.2) is 78.4 Å². The molecule has 180 valence electrons. The normalized spacial score (nSPS) is 14.6. The summed E-state index contributed by atoms with van der Waals surface area (Å²) in [4.78, 5) is 39.6. The zero-order valence-corrected chi connectivity index (χ0v) is 22.2. The minimum atomic E-state index is -0.554. The highest BCUT2D eigenvalue weighted by atomic mass is 79.9. The summed E-state index contributed by atoms with van der Waals surface area (Å²) in [5.74, 6) is 0.0416. The lowest BCUT2D eigenvalue weighted by Gasteiger charge is -2.12. The van der Waals surface area contributed by atoms with Crippen molar-refractivity contribution in [3.63, 3.8) is 0 Å². The Morgan fingerprint density at radius 3 is 2.60 bits per heavy atom. The zero-order valence-electron chi connectivity index (χ0n) is 18.2. The van der Waals surface area contributed by atoms with Crippen molar-refractivity contribution < 1.29 is 23.5 Å². The van der Waals surface area contributed by atoms with Crippen molar-refractivity contribution in [1.29, 1.82) is 0 Å². The molecule has 0 spiro atoms. The van der Waals surface area contributed by atoms with E-state index in [0.717, 1.165) is 21.6 Å². The molecule has 7 nitrogen and oxygen atoms in total. The van der Waals surface area contributed by atoms with Gasteiger partial charge >= 0.3 is 0 Å². The molecule has 0 aliphatic carbocycles. The van der Waals surface area contributed by atoms with Crippen LogP contribution >= 0.6 is 51.1 Å². The van der Waals surface area contributed by atoms with Gasteiger partial charge in [0.1, 0.15) is 18.1 Å². The van der Waals surface area contributed by atoms with E-state index in [0.29, 0.717) is 38.4 Å². The summed E-state index contributed by atoms with van der Waals surface area (Å²) >= 11 is 11.5. The number of carbonyl (C=O) groups excluding carboxylic acids is 3. The maximum absolute atomic E-state index is 12.8. The lowest BCUT2D eigenvalue weighted by atomic mass is 10.3. The molecule has 1 N–H and O–H groups in total. The molecule has 1 aliphatic heterocycles. The Bertz CT molecular complexity index is 1290. The van der Waals surface area contributed by atoms with Gasteiger partial charge in [0, 0.05) is 21.7 Å². The molecule has 2 aromatic carbocycles. The minimum absolute atomic E-state index is 0.174. The van der Waals surface area contributed by atoms with E-state index in [1.165, 1.54) is 17.8 Å². The molecule has 0 radical (unpaired) electrons. The number of hydrogen-bond acceptors (Lipinski definition) is 7. The molecule has 1 aromatic heterocycles. The average molecular weight is 594 g/mol. The number of thioether (sulfide) groups is 1. The third-order valence-corrected chi connectivity index (χ3v) is 7.60. The zero-order chi connectivity index (χ0) is 24.9. The van der Waals surface area contributed by atoms with Crippen molar-refractivity contribution in [1.82, 2.24) is 4.90 Å². The highest BCUT2D eigenvalue weighted by Crippen LogP contribution is 2.38. The van der Waals surface area contributed by atoms with Gasteiger partial charge < -0.3 is 14.5 Å². The van der Waals surface area contributed by atoms with Crippen LogP contribution in [0.2, 0.25) is 5.02 Å². The first-order chi connectivity index (χ1) is 16.8. The number of nitrogens with zero attached hydrogens (tertiary/aromatic N) is 1. The number of hydrogen-bond donors (Lipinski definition) is 1. The average Bonchev–Trinajstić information content (AvgIpc) is 3.30.